The molecule has 0 aromatic carbocycles. The van der Waals surface area contributed by atoms with Gasteiger partial charge in [-0.25, -0.2) is 4.98 Å². The van der Waals surface area contributed by atoms with Crippen LogP contribution in [0.1, 0.15) is 32.5 Å². The number of hydrogen-bond acceptors (Lipinski definition) is 3. The normalized spacial score (nSPS) is 15.2. The molecule has 0 radical (unpaired) electrons. The quantitative estimate of drug-likeness (QED) is 0.771. The third kappa shape index (κ3) is 3.30. The first-order valence-corrected chi connectivity index (χ1v) is 5.59. The zero-order valence-corrected chi connectivity index (χ0v) is 10.2. The molecular formula is C11H22N4. The van der Waals surface area contributed by atoms with Crippen LogP contribution in [0, 0.1) is 5.41 Å². The molecule has 4 nitrogen and oxygen atoms in total. The molecular weight excluding hydrogens is 188 g/mol. The number of rotatable bonds is 6. The molecule has 15 heavy (non-hydrogen) atoms. The highest BCUT2D eigenvalue weighted by atomic mass is 15.3. The smallest absolute Gasteiger partial charge is 0.138 e. The fourth-order valence-corrected chi connectivity index (χ4v) is 2.13. The summed E-state index contributed by atoms with van der Waals surface area (Å²) in [6.45, 7) is 5.56. The van der Waals surface area contributed by atoms with E-state index in [2.05, 4.69) is 29.2 Å². The fourth-order valence-electron chi connectivity index (χ4n) is 2.13. The summed E-state index contributed by atoms with van der Waals surface area (Å²) in [4.78, 5) is 4.29. The molecule has 4 heteroatoms. The van der Waals surface area contributed by atoms with Gasteiger partial charge in [-0.05, 0) is 18.9 Å². The second-order valence-electron chi connectivity index (χ2n) is 4.57. The molecule has 0 saturated carbocycles. The summed E-state index contributed by atoms with van der Waals surface area (Å²) in [5, 5.41) is 7.37. The van der Waals surface area contributed by atoms with E-state index in [0.29, 0.717) is 0 Å². The molecule has 0 amide bonds. The van der Waals surface area contributed by atoms with Crippen LogP contribution in [0.25, 0.3) is 0 Å². The van der Waals surface area contributed by atoms with E-state index in [1.54, 1.807) is 6.33 Å². The number of hydrogen-bond donors (Lipinski definition) is 1. The minimum atomic E-state index is 0.282. The second-order valence-corrected chi connectivity index (χ2v) is 4.57. The Morgan fingerprint density at radius 1 is 1.53 bits per heavy atom. The molecule has 1 aromatic rings. The molecule has 1 atom stereocenters. The summed E-state index contributed by atoms with van der Waals surface area (Å²) >= 11 is 0. The SMILES string of the molecule is CCCC(C)(CNC)Cc1ncnn1C. The molecule has 1 N–H and O–H groups in total. The van der Waals surface area contributed by atoms with E-state index < -0.39 is 0 Å². The Kier molecular flexibility index (Phi) is 4.27. The summed E-state index contributed by atoms with van der Waals surface area (Å²) in [5.41, 5.74) is 0.282. The van der Waals surface area contributed by atoms with Gasteiger partial charge >= 0.3 is 0 Å². The number of nitrogens with zero attached hydrogens (tertiary/aromatic N) is 3. The van der Waals surface area contributed by atoms with Crippen molar-refractivity contribution in [2.45, 2.75) is 33.1 Å². The van der Waals surface area contributed by atoms with Crippen LogP contribution >= 0.6 is 0 Å². The lowest BCUT2D eigenvalue weighted by Gasteiger charge is -2.28. The zero-order valence-electron chi connectivity index (χ0n) is 10.2. The Balaban J connectivity index is 2.70. The Morgan fingerprint density at radius 2 is 2.27 bits per heavy atom. The highest BCUT2D eigenvalue weighted by Crippen LogP contribution is 2.26. The third-order valence-corrected chi connectivity index (χ3v) is 2.85. The van der Waals surface area contributed by atoms with E-state index in [-0.39, 0.29) is 5.41 Å². The van der Waals surface area contributed by atoms with Crippen molar-refractivity contribution in [2.24, 2.45) is 12.5 Å². The van der Waals surface area contributed by atoms with Crippen LogP contribution in [-0.2, 0) is 13.5 Å². The minimum absolute atomic E-state index is 0.282. The lowest BCUT2D eigenvalue weighted by molar-refractivity contribution is 0.274. The van der Waals surface area contributed by atoms with Gasteiger partial charge in [-0.3, -0.25) is 4.68 Å². The molecule has 0 aliphatic carbocycles. The standard InChI is InChI=1S/C11H22N4/c1-5-6-11(2,8-12-3)7-10-13-9-14-15(10)4/h9,12H,5-8H2,1-4H3. The van der Waals surface area contributed by atoms with Gasteiger partial charge in [0.05, 0.1) is 0 Å². The van der Waals surface area contributed by atoms with Gasteiger partial charge < -0.3 is 5.32 Å². The van der Waals surface area contributed by atoms with Gasteiger partial charge in [-0.2, -0.15) is 5.10 Å². The van der Waals surface area contributed by atoms with E-state index in [1.165, 1.54) is 12.8 Å². The van der Waals surface area contributed by atoms with Crippen LogP contribution in [0.5, 0.6) is 0 Å². The largest absolute Gasteiger partial charge is 0.319 e. The summed E-state index contributed by atoms with van der Waals surface area (Å²) in [7, 11) is 3.96. The Bertz CT molecular complexity index is 287. The summed E-state index contributed by atoms with van der Waals surface area (Å²) in [6.07, 6.45) is 5.02. The maximum absolute atomic E-state index is 4.29. The lowest BCUT2D eigenvalue weighted by Crippen LogP contribution is -2.32. The van der Waals surface area contributed by atoms with Crippen molar-refractivity contribution in [3.63, 3.8) is 0 Å². The van der Waals surface area contributed by atoms with Crippen LogP contribution in [0.15, 0.2) is 6.33 Å². The van der Waals surface area contributed by atoms with E-state index in [9.17, 15) is 0 Å². The van der Waals surface area contributed by atoms with E-state index in [4.69, 9.17) is 0 Å². The van der Waals surface area contributed by atoms with Crippen LogP contribution in [0.2, 0.25) is 0 Å². The molecule has 0 fully saturated rings. The molecule has 0 spiro atoms. The molecule has 0 bridgehead atoms. The van der Waals surface area contributed by atoms with Gasteiger partial charge in [-0.15, -0.1) is 0 Å². The van der Waals surface area contributed by atoms with Gasteiger partial charge in [0.1, 0.15) is 12.2 Å². The van der Waals surface area contributed by atoms with E-state index >= 15 is 0 Å². The molecule has 1 heterocycles. The minimum Gasteiger partial charge on any atom is -0.319 e. The highest BCUT2D eigenvalue weighted by Gasteiger charge is 2.24. The average molecular weight is 210 g/mol. The monoisotopic (exact) mass is 210 g/mol. The third-order valence-electron chi connectivity index (χ3n) is 2.85. The molecule has 0 aliphatic heterocycles. The van der Waals surface area contributed by atoms with Crippen LogP contribution in [-0.4, -0.2) is 28.4 Å². The summed E-state index contributed by atoms with van der Waals surface area (Å²) < 4.78 is 1.86. The topological polar surface area (TPSA) is 42.7 Å². The number of aryl methyl sites for hydroxylation is 1. The summed E-state index contributed by atoms with van der Waals surface area (Å²) in [5.74, 6) is 1.07. The van der Waals surface area contributed by atoms with Crippen LogP contribution in [0.4, 0.5) is 0 Å². The van der Waals surface area contributed by atoms with Gasteiger partial charge in [0, 0.05) is 20.0 Å². The van der Waals surface area contributed by atoms with Gasteiger partial charge in [-0.1, -0.05) is 20.3 Å². The molecule has 1 aromatic heterocycles. The highest BCUT2D eigenvalue weighted by molar-refractivity contribution is 4.92. The van der Waals surface area contributed by atoms with Crippen molar-refractivity contribution in [3.8, 4) is 0 Å². The van der Waals surface area contributed by atoms with Crippen LogP contribution in [0.3, 0.4) is 0 Å². The first kappa shape index (κ1) is 12.2. The molecule has 1 unspecified atom stereocenters. The van der Waals surface area contributed by atoms with Crippen molar-refractivity contribution < 1.29 is 0 Å². The maximum atomic E-state index is 4.29. The molecule has 0 aliphatic rings. The second kappa shape index (κ2) is 5.26. The Morgan fingerprint density at radius 3 is 2.73 bits per heavy atom. The van der Waals surface area contributed by atoms with E-state index in [0.717, 1.165) is 18.8 Å². The first-order chi connectivity index (χ1) is 7.11. The molecule has 86 valence electrons. The van der Waals surface area contributed by atoms with Crippen molar-refractivity contribution in [1.29, 1.82) is 0 Å². The molecule has 1 rings (SSSR count). The van der Waals surface area contributed by atoms with Crippen molar-refractivity contribution in [2.75, 3.05) is 13.6 Å². The van der Waals surface area contributed by atoms with Gasteiger partial charge in [0.25, 0.3) is 0 Å². The zero-order chi connectivity index (χ0) is 11.3. The van der Waals surface area contributed by atoms with Crippen LogP contribution < -0.4 is 5.32 Å². The van der Waals surface area contributed by atoms with Crippen molar-refractivity contribution in [3.05, 3.63) is 12.2 Å². The Hall–Kier alpha value is -0.900. The van der Waals surface area contributed by atoms with E-state index in [1.807, 2.05) is 18.8 Å². The lowest BCUT2D eigenvalue weighted by atomic mass is 9.82. The van der Waals surface area contributed by atoms with Gasteiger partial charge in [0.15, 0.2) is 0 Å². The predicted molar refractivity (Wildman–Crippen MR) is 61.6 cm³/mol. The molecule has 0 saturated heterocycles. The number of aromatic nitrogens is 3. The fraction of sp³-hybridized carbons (Fsp3) is 0.818. The van der Waals surface area contributed by atoms with Gasteiger partial charge in [0.2, 0.25) is 0 Å². The first-order valence-electron chi connectivity index (χ1n) is 5.59. The van der Waals surface area contributed by atoms with Crippen molar-refractivity contribution >= 4 is 0 Å². The maximum Gasteiger partial charge on any atom is 0.138 e. The number of nitrogens with one attached hydrogen (secondary N) is 1. The summed E-state index contributed by atoms with van der Waals surface area (Å²) in [6, 6.07) is 0. The van der Waals surface area contributed by atoms with Crippen molar-refractivity contribution in [1.82, 2.24) is 20.1 Å². The average Bonchev–Trinajstić information content (AvgIpc) is 2.52. The predicted octanol–water partition coefficient (Wildman–Crippen LogP) is 1.38. The Labute approximate surface area is 92.1 Å².